The zero-order chi connectivity index (χ0) is 13.7. The summed E-state index contributed by atoms with van der Waals surface area (Å²) in [5, 5.41) is 14.7. The second kappa shape index (κ2) is 6.77. The molecule has 0 radical (unpaired) electrons. The van der Waals surface area contributed by atoms with Gasteiger partial charge in [0.15, 0.2) is 0 Å². The minimum atomic E-state index is -0.375. The third-order valence-corrected chi connectivity index (χ3v) is 5.91. The number of carbonyl (C=O) groups is 1. The van der Waals surface area contributed by atoms with Gasteiger partial charge in [-0.2, -0.15) is 0 Å². The van der Waals surface area contributed by atoms with Gasteiger partial charge in [0, 0.05) is 0 Å². The van der Waals surface area contributed by atoms with Crippen LogP contribution in [0.1, 0.15) is 32.6 Å². The molecule has 106 valence electrons. The van der Waals surface area contributed by atoms with E-state index < -0.39 is 0 Å². The van der Waals surface area contributed by atoms with Crippen LogP contribution in [0.5, 0.6) is 0 Å². The maximum atomic E-state index is 12.0. The van der Waals surface area contributed by atoms with E-state index in [1.165, 1.54) is 0 Å². The van der Waals surface area contributed by atoms with Gasteiger partial charge in [0.2, 0.25) is 5.91 Å². The summed E-state index contributed by atoms with van der Waals surface area (Å²) >= 11 is 3.21. The summed E-state index contributed by atoms with van der Waals surface area (Å²) in [5.74, 6) is 1.16. The number of thiophene rings is 1. The van der Waals surface area contributed by atoms with Crippen molar-refractivity contribution in [1.29, 1.82) is 0 Å². The topological polar surface area (TPSA) is 49.3 Å². The Morgan fingerprint density at radius 3 is 2.89 bits per heavy atom. The number of hydrogen-bond donors (Lipinski definition) is 2. The van der Waals surface area contributed by atoms with E-state index in [1.807, 2.05) is 17.5 Å². The zero-order valence-corrected chi connectivity index (χ0v) is 12.9. The molecule has 1 aliphatic rings. The van der Waals surface area contributed by atoms with Crippen LogP contribution < -0.4 is 5.32 Å². The molecule has 0 spiro atoms. The van der Waals surface area contributed by atoms with Gasteiger partial charge in [-0.25, -0.2) is 0 Å². The molecule has 0 unspecified atom stereocenters. The SMILES string of the molecule is CC1CCC(CO)(NC(=O)CSc2cccs2)CC1. The Kier molecular flexibility index (Phi) is 5.30. The van der Waals surface area contributed by atoms with E-state index in [1.54, 1.807) is 23.1 Å². The predicted octanol–water partition coefficient (Wildman–Crippen LogP) is 2.90. The Hall–Kier alpha value is -0.520. The highest BCUT2D eigenvalue weighted by Crippen LogP contribution is 2.32. The second-order valence-electron chi connectivity index (χ2n) is 5.39. The lowest BCUT2D eigenvalue weighted by Crippen LogP contribution is -2.53. The molecule has 0 atom stereocenters. The molecule has 2 N–H and O–H groups in total. The Morgan fingerprint density at radius 1 is 1.58 bits per heavy atom. The number of aliphatic hydroxyl groups is 1. The van der Waals surface area contributed by atoms with Gasteiger partial charge in [-0.05, 0) is 43.0 Å². The van der Waals surface area contributed by atoms with Crippen LogP contribution in [0.2, 0.25) is 0 Å². The molecule has 19 heavy (non-hydrogen) atoms. The minimum absolute atomic E-state index is 0.0296. The van der Waals surface area contributed by atoms with Crippen molar-refractivity contribution in [2.24, 2.45) is 5.92 Å². The number of thioether (sulfide) groups is 1. The highest BCUT2D eigenvalue weighted by molar-refractivity contribution is 8.01. The fourth-order valence-corrected chi connectivity index (χ4v) is 4.04. The molecule has 5 heteroatoms. The predicted molar refractivity (Wildman–Crippen MR) is 80.6 cm³/mol. The molecule has 1 aromatic heterocycles. The third kappa shape index (κ3) is 4.23. The lowest BCUT2D eigenvalue weighted by molar-refractivity contribution is -0.121. The van der Waals surface area contributed by atoms with Crippen LogP contribution in [-0.2, 0) is 4.79 Å². The van der Waals surface area contributed by atoms with Crippen LogP contribution in [0.3, 0.4) is 0 Å². The fraction of sp³-hybridized carbons (Fsp3) is 0.643. The van der Waals surface area contributed by atoms with Gasteiger partial charge < -0.3 is 10.4 Å². The molecule has 1 heterocycles. The zero-order valence-electron chi connectivity index (χ0n) is 11.2. The van der Waals surface area contributed by atoms with Gasteiger partial charge in [-0.1, -0.05) is 13.0 Å². The molecular formula is C14H21NO2S2. The number of amides is 1. The summed E-state index contributed by atoms with van der Waals surface area (Å²) in [4.78, 5) is 12.0. The van der Waals surface area contributed by atoms with Crippen LogP contribution in [0, 0.1) is 5.92 Å². The molecule has 1 aromatic rings. The quantitative estimate of drug-likeness (QED) is 0.822. The van der Waals surface area contributed by atoms with Crippen molar-refractivity contribution in [1.82, 2.24) is 5.32 Å². The van der Waals surface area contributed by atoms with E-state index >= 15 is 0 Å². The van der Waals surface area contributed by atoms with E-state index in [0.29, 0.717) is 11.7 Å². The number of rotatable bonds is 5. The Balaban J connectivity index is 1.82. The molecule has 2 rings (SSSR count). The first-order chi connectivity index (χ1) is 9.13. The molecule has 0 bridgehead atoms. The van der Waals surface area contributed by atoms with Crippen molar-refractivity contribution in [3.8, 4) is 0 Å². The summed E-state index contributed by atoms with van der Waals surface area (Å²) in [7, 11) is 0. The average molecular weight is 299 g/mol. The summed E-state index contributed by atoms with van der Waals surface area (Å²) in [6.07, 6.45) is 3.94. The Bertz CT molecular complexity index is 398. The van der Waals surface area contributed by atoms with Crippen LogP contribution in [0.25, 0.3) is 0 Å². The van der Waals surface area contributed by atoms with Crippen molar-refractivity contribution in [2.45, 2.75) is 42.4 Å². The monoisotopic (exact) mass is 299 g/mol. The van der Waals surface area contributed by atoms with E-state index in [2.05, 4.69) is 12.2 Å². The van der Waals surface area contributed by atoms with Gasteiger partial charge in [-0.3, -0.25) is 4.79 Å². The van der Waals surface area contributed by atoms with Crippen molar-refractivity contribution >= 4 is 29.0 Å². The van der Waals surface area contributed by atoms with E-state index in [9.17, 15) is 9.90 Å². The number of carbonyl (C=O) groups excluding carboxylic acids is 1. The van der Waals surface area contributed by atoms with E-state index in [-0.39, 0.29) is 18.1 Å². The van der Waals surface area contributed by atoms with Crippen LogP contribution >= 0.6 is 23.1 Å². The minimum Gasteiger partial charge on any atom is -0.394 e. The van der Waals surface area contributed by atoms with Crippen molar-refractivity contribution < 1.29 is 9.90 Å². The van der Waals surface area contributed by atoms with Gasteiger partial charge in [0.05, 0.1) is 22.1 Å². The number of hydrogen-bond acceptors (Lipinski definition) is 4. The van der Waals surface area contributed by atoms with Crippen LogP contribution in [-0.4, -0.2) is 28.9 Å². The first kappa shape index (κ1) is 14.9. The van der Waals surface area contributed by atoms with Crippen molar-refractivity contribution in [3.63, 3.8) is 0 Å². The maximum Gasteiger partial charge on any atom is 0.230 e. The van der Waals surface area contributed by atoms with Crippen molar-refractivity contribution in [3.05, 3.63) is 17.5 Å². The van der Waals surface area contributed by atoms with E-state index in [0.717, 1.165) is 29.9 Å². The molecule has 1 aliphatic carbocycles. The molecule has 0 aromatic carbocycles. The lowest BCUT2D eigenvalue weighted by atomic mass is 9.77. The first-order valence-corrected chi connectivity index (χ1v) is 8.58. The fourth-order valence-electron chi connectivity index (χ4n) is 2.45. The number of aliphatic hydroxyl groups excluding tert-OH is 1. The smallest absolute Gasteiger partial charge is 0.230 e. The molecule has 1 fully saturated rings. The molecule has 1 saturated carbocycles. The number of nitrogens with one attached hydrogen (secondary N) is 1. The van der Waals surface area contributed by atoms with Crippen LogP contribution in [0.15, 0.2) is 21.7 Å². The summed E-state index contributed by atoms with van der Waals surface area (Å²) in [6, 6.07) is 4.01. The lowest BCUT2D eigenvalue weighted by Gasteiger charge is -2.38. The largest absolute Gasteiger partial charge is 0.394 e. The average Bonchev–Trinajstić information content (AvgIpc) is 2.93. The normalized spacial score (nSPS) is 27.2. The highest BCUT2D eigenvalue weighted by Gasteiger charge is 2.34. The summed E-state index contributed by atoms with van der Waals surface area (Å²) < 4.78 is 1.16. The van der Waals surface area contributed by atoms with E-state index in [4.69, 9.17) is 0 Å². The van der Waals surface area contributed by atoms with Gasteiger partial charge in [-0.15, -0.1) is 23.1 Å². The first-order valence-electron chi connectivity index (χ1n) is 6.72. The standard InChI is InChI=1S/C14H21NO2S2/c1-11-4-6-14(10-16,7-5-11)15-12(17)9-19-13-3-2-8-18-13/h2-3,8,11,16H,4-7,9-10H2,1H3,(H,15,17). The van der Waals surface area contributed by atoms with Gasteiger partial charge >= 0.3 is 0 Å². The highest BCUT2D eigenvalue weighted by atomic mass is 32.2. The maximum absolute atomic E-state index is 12.0. The Morgan fingerprint density at radius 2 is 2.32 bits per heavy atom. The molecule has 1 amide bonds. The molecular weight excluding hydrogens is 278 g/mol. The van der Waals surface area contributed by atoms with Gasteiger partial charge in [0.1, 0.15) is 0 Å². The molecule has 0 saturated heterocycles. The van der Waals surface area contributed by atoms with Gasteiger partial charge in [0.25, 0.3) is 0 Å². The third-order valence-electron chi connectivity index (χ3n) is 3.78. The second-order valence-corrected chi connectivity index (χ2v) is 7.61. The summed E-state index contributed by atoms with van der Waals surface area (Å²) in [5.41, 5.74) is -0.375. The molecule has 0 aliphatic heterocycles. The van der Waals surface area contributed by atoms with Crippen LogP contribution in [0.4, 0.5) is 0 Å². The molecule has 3 nitrogen and oxygen atoms in total. The summed E-state index contributed by atoms with van der Waals surface area (Å²) in [6.45, 7) is 2.28. The van der Waals surface area contributed by atoms with Crippen molar-refractivity contribution in [2.75, 3.05) is 12.4 Å². The Labute approximate surface area is 122 Å².